The fourth-order valence-corrected chi connectivity index (χ4v) is 2.27. The summed E-state index contributed by atoms with van der Waals surface area (Å²) in [5.74, 6) is 1.02. The van der Waals surface area contributed by atoms with E-state index in [-0.39, 0.29) is 0 Å². The Morgan fingerprint density at radius 2 is 1.90 bits per heavy atom. The fourth-order valence-electron chi connectivity index (χ4n) is 2.27. The molecule has 0 aliphatic rings. The molecule has 1 N–H and O–H groups in total. The number of hydrogen-bond donors (Lipinski definition) is 1. The molecule has 0 amide bonds. The predicted molar refractivity (Wildman–Crippen MR) is 86.3 cm³/mol. The summed E-state index contributed by atoms with van der Waals surface area (Å²) in [6, 6.07) is 13.3. The first-order chi connectivity index (χ1) is 9.76. The minimum absolute atomic E-state index is 0.521. The van der Waals surface area contributed by atoms with Crippen LogP contribution in [-0.4, -0.2) is 12.6 Å². The highest BCUT2D eigenvalue weighted by atomic mass is 16.5. The molecule has 0 radical (unpaired) electrons. The maximum absolute atomic E-state index is 5.92. The molecule has 0 aliphatic carbocycles. The van der Waals surface area contributed by atoms with Gasteiger partial charge in [-0.15, -0.1) is 0 Å². The van der Waals surface area contributed by atoms with Gasteiger partial charge in [-0.2, -0.15) is 0 Å². The van der Waals surface area contributed by atoms with Gasteiger partial charge in [0.1, 0.15) is 5.75 Å². The third-order valence-corrected chi connectivity index (χ3v) is 3.70. The van der Waals surface area contributed by atoms with Crippen LogP contribution in [0, 0.1) is 0 Å². The van der Waals surface area contributed by atoms with Gasteiger partial charge in [-0.3, -0.25) is 0 Å². The van der Waals surface area contributed by atoms with Crippen LogP contribution in [0.5, 0.6) is 5.75 Å². The Hall–Kier alpha value is -1.54. The number of ether oxygens (including phenoxy) is 1. The van der Waals surface area contributed by atoms with Crippen LogP contribution in [0.15, 0.2) is 36.4 Å². The number of benzene rings is 2. The van der Waals surface area contributed by atoms with Crippen molar-refractivity contribution in [1.29, 1.82) is 0 Å². The topological polar surface area (TPSA) is 21.3 Å². The van der Waals surface area contributed by atoms with Crippen molar-refractivity contribution in [1.82, 2.24) is 5.32 Å². The second kappa shape index (κ2) is 7.30. The van der Waals surface area contributed by atoms with Crippen LogP contribution >= 0.6 is 0 Å². The lowest BCUT2D eigenvalue weighted by atomic mass is 10.0. The molecule has 0 heterocycles. The summed E-state index contributed by atoms with van der Waals surface area (Å²) >= 11 is 0. The monoisotopic (exact) mass is 271 g/mol. The molecule has 0 saturated heterocycles. The van der Waals surface area contributed by atoms with Crippen molar-refractivity contribution in [2.45, 2.75) is 46.2 Å². The van der Waals surface area contributed by atoms with E-state index in [0.717, 1.165) is 31.7 Å². The molecule has 2 nitrogen and oxygen atoms in total. The van der Waals surface area contributed by atoms with Gasteiger partial charge in [-0.05, 0) is 36.6 Å². The van der Waals surface area contributed by atoms with E-state index in [1.54, 1.807) is 0 Å². The Kier molecular flexibility index (Phi) is 5.42. The number of hydrogen-bond acceptors (Lipinski definition) is 2. The van der Waals surface area contributed by atoms with Crippen molar-refractivity contribution in [2.24, 2.45) is 0 Å². The molecule has 0 saturated carbocycles. The molecule has 2 rings (SSSR count). The van der Waals surface area contributed by atoms with Gasteiger partial charge in [0.2, 0.25) is 0 Å². The van der Waals surface area contributed by atoms with E-state index >= 15 is 0 Å². The summed E-state index contributed by atoms with van der Waals surface area (Å²) in [7, 11) is 0. The van der Waals surface area contributed by atoms with Crippen molar-refractivity contribution in [3.8, 4) is 5.75 Å². The molecule has 20 heavy (non-hydrogen) atoms. The molecule has 0 aromatic heterocycles. The van der Waals surface area contributed by atoms with Crippen LogP contribution in [0.2, 0.25) is 0 Å². The number of fused-ring (bicyclic) bond motifs is 1. The first-order valence-electron chi connectivity index (χ1n) is 7.63. The zero-order chi connectivity index (χ0) is 14.4. The third kappa shape index (κ3) is 3.51. The molecule has 0 bridgehead atoms. The second-order valence-electron chi connectivity index (χ2n) is 5.30. The van der Waals surface area contributed by atoms with Crippen LogP contribution in [0.25, 0.3) is 10.8 Å². The molecule has 108 valence electrons. The van der Waals surface area contributed by atoms with Gasteiger partial charge in [0.05, 0.1) is 6.61 Å². The normalized spacial score (nSPS) is 12.6. The zero-order valence-electron chi connectivity index (χ0n) is 12.8. The van der Waals surface area contributed by atoms with Crippen LogP contribution in [-0.2, 0) is 6.54 Å². The van der Waals surface area contributed by atoms with Crippen molar-refractivity contribution < 1.29 is 4.74 Å². The van der Waals surface area contributed by atoms with Crippen LogP contribution in [0.1, 0.15) is 39.2 Å². The van der Waals surface area contributed by atoms with Gasteiger partial charge >= 0.3 is 0 Å². The smallest absolute Gasteiger partial charge is 0.124 e. The summed E-state index contributed by atoms with van der Waals surface area (Å²) in [5.41, 5.74) is 1.27. The number of rotatable bonds is 7. The molecule has 1 atom stereocenters. The molecule has 0 spiro atoms. The third-order valence-electron chi connectivity index (χ3n) is 3.70. The van der Waals surface area contributed by atoms with E-state index < -0.39 is 0 Å². The average molecular weight is 271 g/mol. The maximum atomic E-state index is 5.92. The lowest BCUT2D eigenvalue weighted by Crippen LogP contribution is -2.24. The van der Waals surface area contributed by atoms with Gasteiger partial charge in [0.25, 0.3) is 0 Å². The Bertz CT molecular complexity index is 550. The van der Waals surface area contributed by atoms with Gasteiger partial charge in [-0.1, -0.05) is 44.2 Å². The van der Waals surface area contributed by atoms with Crippen molar-refractivity contribution in [2.75, 3.05) is 6.61 Å². The van der Waals surface area contributed by atoms with Gasteiger partial charge in [0.15, 0.2) is 0 Å². The van der Waals surface area contributed by atoms with E-state index in [2.05, 4.69) is 62.5 Å². The molecule has 0 fully saturated rings. The fraction of sp³-hybridized carbons (Fsp3) is 0.444. The molecule has 2 heteroatoms. The van der Waals surface area contributed by atoms with Crippen LogP contribution in [0.3, 0.4) is 0 Å². The van der Waals surface area contributed by atoms with E-state index in [0.29, 0.717) is 6.04 Å². The summed E-state index contributed by atoms with van der Waals surface area (Å²) in [4.78, 5) is 0. The largest absolute Gasteiger partial charge is 0.493 e. The van der Waals surface area contributed by atoms with E-state index in [1.807, 2.05) is 0 Å². The molecular formula is C18H25NO. The Balaban J connectivity index is 2.33. The maximum Gasteiger partial charge on any atom is 0.124 e. The molecule has 2 aromatic carbocycles. The highest BCUT2D eigenvalue weighted by molar-refractivity contribution is 5.87. The first-order valence-corrected chi connectivity index (χ1v) is 7.63. The molecule has 2 aromatic rings. The Morgan fingerprint density at radius 1 is 1.10 bits per heavy atom. The summed E-state index contributed by atoms with van der Waals surface area (Å²) in [6.45, 7) is 8.19. The zero-order valence-corrected chi connectivity index (χ0v) is 12.8. The van der Waals surface area contributed by atoms with Crippen molar-refractivity contribution in [3.05, 3.63) is 42.0 Å². The van der Waals surface area contributed by atoms with E-state index in [4.69, 9.17) is 4.74 Å². The standard InChI is InChI=1S/C18H25NO/c1-4-12-20-18-11-10-15-8-6-7-9-16(15)17(18)13-19-14(3)5-2/h6-11,14,19H,4-5,12-13H2,1-3H3/t14-/m0/s1. The van der Waals surface area contributed by atoms with Crippen molar-refractivity contribution >= 4 is 10.8 Å². The Labute approximate surface area is 122 Å². The lowest BCUT2D eigenvalue weighted by molar-refractivity contribution is 0.313. The first kappa shape index (κ1) is 14.9. The highest BCUT2D eigenvalue weighted by Gasteiger charge is 2.09. The van der Waals surface area contributed by atoms with Gasteiger partial charge in [0, 0.05) is 18.2 Å². The molecule has 0 aliphatic heterocycles. The van der Waals surface area contributed by atoms with E-state index in [9.17, 15) is 0 Å². The molecular weight excluding hydrogens is 246 g/mol. The quantitative estimate of drug-likeness (QED) is 0.799. The molecule has 0 unspecified atom stereocenters. The average Bonchev–Trinajstić information content (AvgIpc) is 2.50. The summed E-state index contributed by atoms with van der Waals surface area (Å²) in [6.07, 6.45) is 2.17. The van der Waals surface area contributed by atoms with Crippen molar-refractivity contribution in [3.63, 3.8) is 0 Å². The van der Waals surface area contributed by atoms with E-state index in [1.165, 1.54) is 16.3 Å². The highest BCUT2D eigenvalue weighted by Crippen LogP contribution is 2.28. The van der Waals surface area contributed by atoms with Gasteiger partial charge in [-0.25, -0.2) is 0 Å². The summed E-state index contributed by atoms with van der Waals surface area (Å²) < 4.78 is 5.92. The SMILES string of the molecule is CCCOc1ccc2ccccc2c1CN[C@@H](C)CC. The lowest BCUT2D eigenvalue weighted by Gasteiger charge is -2.17. The second-order valence-corrected chi connectivity index (χ2v) is 5.30. The minimum atomic E-state index is 0.521. The van der Waals surface area contributed by atoms with Gasteiger partial charge < -0.3 is 10.1 Å². The summed E-state index contributed by atoms with van der Waals surface area (Å²) in [5, 5.41) is 6.14. The van der Waals surface area contributed by atoms with Crippen LogP contribution < -0.4 is 10.1 Å². The number of nitrogens with one attached hydrogen (secondary N) is 1. The Morgan fingerprint density at radius 3 is 2.65 bits per heavy atom. The predicted octanol–water partition coefficient (Wildman–Crippen LogP) is 4.52. The van der Waals surface area contributed by atoms with Crippen LogP contribution in [0.4, 0.5) is 0 Å². The minimum Gasteiger partial charge on any atom is -0.493 e.